The molecule has 9 heteroatoms. The molecule has 2 amide bonds. The number of piperazine rings is 1. The van der Waals surface area contributed by atoms with E-state index in [2.05, 4.69) is 5.32 Å². The van der Waals surface area contributed by atoms with Gasteiger partial charge in [-0.15, -0.1) is 0 Å². The number of alkyl halides is 3. The molecule has 1 N–H and O–H groups in total. The second-order valence-corrected chi connectivity index (χ2v) is 11.4. The van der Waals surface area contributed by atoms with Crippen molar-refractivity contribution in [2.24, 2.45) is 23.2 Å². The smallest absolute Gasteiger partial charge is 0.347 e. The second kappa shape index (κ2) is 9.01. The van der Waals surface area contributed by atoms with E-state index < -0.39 is 11.7 Å². The molecule has 1 aromatic carbocycles. The summed E-state index contributed by atoms with van der Waals surface area (Å²) in [5.74, 6) is 2.31. The minimum absolute atomic E-state index is 0.00837. The van der Waals surface area contributed by atoms with E-state index >= 15 is 0 Å². The maximum absolute atomic E-state index is 13.0. The molecule has 1 saturated heterocycles. The lowest BCUT2D eigenvalue weighted by Crippen LogP contribution is -2.51. The van der Waals surface area contributed by atoms with Gasteiger partial charge < -0.3 is 10.2 Å². The first-order chi connectivity index (χ1) is 16.1. The first-order valence-electron chi connectivity index (χ1n) is 12.2. The number of amides is 2. The van der Waals surface area contributed by atoms with Gasteiger partial charge in [0.2, 0.25) is 11.8 Å². The minimum atomic E-state index is -4.44. The summed E-state index contributed by atoms with van der Waals surface area (Å²) in [4.78, 5) is 29.0. The Morgan fingerprint density at radius 2 is 1.71 bits per heavy atom. The fourth-order valence-corrected chi connectivity index (χ4v) is 7.46. The topological polar surface area (TPSA) is 52.7 Å². The third-order valence-electron chi connectivity index (χ3n) is 8.44. The van der Waals surface area contributed by atoms with E-state index in [1.54, 1.807) is 11.0 Å². The van der Waals surface area contributed by atoms with Crippen molar-refractivity contribution in [3.8, 4) is 0 Å². The van der Waals surface area contributed by atoms with Crippen molar-refractivity contribution in [1.29, 1.82) is 0 Å². The number of carbonyl (C=O) groups is 2. The molecule has 0 spiro atoms. The van der Waals surface area contributed by atoms with Crippen LogP contribution in [-0.4, -0.2) is 54.3 Å². The molecule has 34 heavy (non-hydrogen) atoms. The zero-order chi connectivity index (χ0) is 24.1. The lowest BCUT2D eigenvalue weighted by Gasteiger charge is -2.38. The standard InChI is InChI=1S/C25H31ClF3N3O2/c26-21-8-17(7-20(9-21)25(27,28)29)15-31-1-3-32(4-2-31)23(34)14-30-22(33)13-24-10-16-5-18(11-24)19(6-16)12-24/h7-9,16,18-19H,1-6,10-15H2,(H,30,33). The van der Waals surface area contributed by atoms with Crippen LogP contribution in [0.3, 0.4) is 0 Å². The van der Waals surface area contributed by atoms with Gasteiger partial charge in [-0.1, -0.05) is 11.6 Å². The van der Waals surface area contributed by atoms with Gasteiger partial charge in [-0.05, 0) is 79.0 Å². The molecule has 1 aliphatic heterocycles. The van der Waals surface area contributed by atoms with E-state index in [9.17, 15) is 22.8 Å². The van der Waals surface area contributed by atoms with Gasteiger partial charge in [-0.2, -0.15) is 13.2 Å². The van der Waals surface area contributed by atoms with E-state index in [0.717, 1.165) is 29.9 Å². The fraction of sp³-hybridized carbons (Fsp3) is 0.680. The van der Waals surface area contributed by atoms with Crippen LogP contribution in [0.2, 0.25) is 5.02 Å². The third-order valence-corrected chi connectivity index (χ3v) is 8.66. The van der Waals surface area contributed by atoms with Crippen LogP contribution in [0.15, 0.2) is 18.2 Å². The van der Waals surface area contributed by atoms with E-state index in [4.69, 9.17) is 11.6 Å². The highest BCUT2D eigenvalue weighted by molar-refractivity contribution is 6.30. The summed E-state index contributed by atoms with van der Waals surface area (Å²) >= 11 is 5.88. The van der Waals surface area contributed by atoms with Crippen molar-refractivity contribution in [2.75, 3.05) is 32.7 Å². The molecule has 186 valence electrons. The summed E-state index contributed by atoms with van der Waals surface area (Å²) in [5.41, 5.74) is -0.0834. The number of nitrogens with one attached hydrogen (secondary N) is 1. The lowest BCUT2D eigenvalue weighted by molar-refractivity contribution is -0.137. The van der Waals surface area contributed by atoms with E-state index in [-0.39, 0.29) is 28.8 Å². The third kappa shape index (κ3) is 5.08. The van der Waals surface area contributed by atoms with E-state index in [0.29, 0.717) is 44.7 Å². The van der Waals surface area contributed by atoms with Crippen LogP contribution in [0.5, 0.6) is 0 Å². The molecule has 4 saturated carbocycles. The lowest BCUT2D eigenvalue weighted by atomic mass is 9.67. The molecule has 5 aliphatic rings. The molecule has 0 aromatic heterocycles. The Balaban J connectivity index is 1.06. The Morgan fingerprint density at radius 3 is 2.32 bits per heavy atom. The highest BCUT2D eigenvalue weighted by Crippen LogP contribution is 2.65. The molecule has 4 aliphatic carbocycles. The number of nitrogens with zero attached hydrogens (tertiary/aromatic N) is 2. The molecule has 5 nitrogen and oxygen atoms in total. The van der Waals surface area contributed by atoms with Crippen LogP contribution < -0.4 is 5.32 Å². The Morgan fingerprint density at radius 1 is 1.03 bits per heavy atom. The Kier molecular flexibility index (Phi) is 6.34. The molecule has 5 fully saturated rings. The van der Waals surface area contributed by atoms with E-state index in [1.165, 1.54) is 32.1 Å². The minimum Gasteiger partial charge on any atom is -0.347 e. The molecule has 1 aromatic rings. The van der Waals surface area contributed by atoms with Crippen molar-refractivity contribution >= 4 is 23.4 Å². The van der Waals surface area contributed by atoms with Gasteiger partial charge >= 0.3 is 6.18 Å². The molecule has 0 radical (unpaired) electrons. The highest BCUT2D eigenvalue weighted by Gasteiger charge is 2.56. The summed E-state index contributed by atoms with van der Waals surface area (Å²) in [6.07, 6.45) is 2.31. The summed E-state index contributed by atoms with van der Waals surface area (Å²) in [5, 5.41) is 2.91. The monoisotopic (exact) mass is 497 g/mol. The van der Waals surface area contributed by atoms with Gasteiger partial charge in [-0.3, -0.25) is 14.5 Å². The maximum Gasteiger partial charge on any atom is 0.416 e. The van der Waals surface area contributed by atoms with Gasteiger partial charge in [0.15, 0.2) is 0 Å². The average Bonchev–Trinajstić information content (AvgIpc) is 3.17. The Bertz CT molecular complexity index is 942. The number of rotatable bonds is 6. The first-order valence-corrected chi connectivity index (χ1v) is 12.6. The highest BCUT2D eigenvalue weighted by atomic mass is 35.5. The zero-order valence-electron chi connectivity index (χ0n) is 19.2. The van der Waals surface area contributed by atoms with Crippen molar-refractivity contribution < 1.29 is 22.8 Å². The fourth-order valence-electron chi connectivity index (χ4n) is 7.20. The Labute approximate surface area is 203 Å². The van der Waals surface area contributed by atoms with Crippen LogP contribution in [0.25, 0.3) is 0 Å². The molecular weight excluding hydrogens is 467 g/mol. The van der Waals surface area contributed by atoms with Crippen molar-refractivity contribution in [1.82, 2.24) is 15.1 Å². The first kappa shape index (κ1) is 23.9. The van der Waals surface area contributed by atoms with Crippen molar-refractivity contribution in [3.05, 3.63) is 34.3 Å². The molecular formula is C25H31ClF3N3O2. The van der Waals surface area contributed by atoms with Crippen LogP contribution in [0, 0.1) is 23.2 Å². The molecule has 2 atom stereocenters. The van der Waals surface area contributed by atoms with Gasteiger partial charge in [-0.25, -0.2) is 0 Å². The van der Waals surface area contributed by atoms with Crippen LogP contribution in [0.1, 0.15) is 49.7 Å². The normalized spacial score (nSPS) is 30.7. The number of carbonyl (C=O) groups excluding carboxylic acids is 2. The predicted octanol–water partition coefficient (Wildman–Crippen LogP) is 4.34. The SMILES string of the molecule is O=C(CC12CC3CC(C1)C(C3)C2)NCC(=O)N1CCN(Cc2cc(Cl)cc(C(F)(F)F)c2)CC1. The predicted molar refractivity (Wildman–Crippen MR) is 122 cm³/mol. The van der Waals surface area contributed by atoms with Crippen LogP contribution >= 0.6 is 11.6 Å². The number of hydrogen-bond acceptors (Lipinski definition) is 3. The Hall–Kier alpha value is -1.80. The van der Waals surface area contributed by atoms with Crippen molar-refractivity contribution in [2.45, 2.75) is 51.2 Å². The van der Waals surface area contributed by atoms with Crippen molar-refractivity contribution in [3.63, 3.8) is 0 Å². The second-order valence-electron chi connectivity index (χ2n) is 10.9. The number of benzene rings is 1. The van der Waals surface area contributed by atoms with Gasteiger partial charge in [0.1, 0.15) is 0 Å². The van der Waals surface area contributed by atoms with Gasteiger partial charge in [0.05, 0.1) is 12.1 Å². The maximum atomic E-state index is 13.0. The van der Waals surface area contributed by atoms with Crippen LogP contribution in [-0.2, 0) is 22.3 Å². The van der Waals surface area contributed by atoms with Crippen LogP contribution in [0.4, 0.5) is 13.2 Å². The summed E-state index contributed by atoms with van der Waals surface area (Å²) < 4.78 is 39.1. The molecule has 4 bridgehead atoms. The summed E-state index contributed by atoms with van der Waals surface area (Å²) in [6, 6.07) is 3.60. The summed E-state index contributed by atoms with van der Waals surface area (Å²) in [6.45, 7) is 2.43. The molecule has 1 heterocycles. The molecule has 6 rings (SSSR count). The quantitative estimate of drug-likeness (QED) is 0.636. The zero-order valence-corrected chi connectivity index (χ0v) is 19.9. The summed E-state index contributed by atoms with van der Waals surface area (Å²) in [7, 11) is 0. The largest absolute Gasteiger partial charge is 0.416 e. The van der Waals surface area contributed by atoms with Gasteiger partial charge in [0.25, 0.3) is 0 Å². The number of halogens is 4. The number of hydrogen-bond donors (Lipinski definition) is 1. The average molecular weight is 498 g/mol. The molecule has 2 unspecified atom stereocenters. The van der Waals surface area contributed by atoms with Gasteiger partial charge in [0, 0.05) is 44.2 Å². The van der Waals surface area contributed by atoms with E-state index in [1.807, 2.05) is 4.90 Å².